The number of rotatable bonds is 7. The van der Waals surface area contributed by atoms with Crippen molar-refractivity contribution in [2.24, 2.45) is 0 Å². The number of aryl methyl sites for hydroxylation is 2. The number of amides is 1. The Morgan fingerprint density at radius 1 is 1.00 bits per heavy atom. The SMILES string of the molecule is CC(=O)c1cccc(NC(=O)[C@H](C)Sc2nnc(-c3cccc(Cl)c3)n2-c2cc(C)ccc2C)c1. The molecule has 0 saturated carbocycles. The Labute approximate surface area is 213 Å². The zero-order valence-corrected chi connectivity index (χ0v) is 21.4. The van der Waals surface area contributed by atoms with Crippen LogP contribution in [-0.2, 0) is 4.79 Å². The fourth-order valence-corrected chi connectivity index (χ4v) is 4.66. The van der Waals surface area contributed by atoms with Crippen LogP contribution in [0, 0.1) is 13.8 Å². The quantitative estimate of drug-likeness (QED) is 0.229. The number of nitrogens with zero attached hydrogens (tertiary/aromatic N) is 3. The first-order valence-corrected chi connectivity index (χ1v) is 12.4. The first-order chi connectivity index (χ1) is 16.7. The van der Waals surface area contributed by atoms with E-state index >= 15 is 0 Å². The van der Waals surface area contributed by atoms with Gasteiger partial charge in [0.1, 0.15) is 0 Å². The Morgan fingerprint density at radius 2 is 1.77 bits per heavy atom. The summed E-state index contributed by atoms with van der Waals surface area (Å²) in [4.78, 5) is 24.7. The minimum atomic E-state index is -0.476. The van der Waals surface area contributed by atoms with Crippen LogP contribution in [0.15, 0.2) is 71.9 Å². The van der Waals surface area contributed by atoms with Crippen molar-refractivity contribution in [2.75, 3.05) is 5.32 Å². The molecule has 178 valence electrons. The second-order valence-corrected chi connectivity index (χ2v) is 10.1. The van der Waals surface area contributed by atoms with E-state index in [0.29, 0.717) is 27.3 Å². The predicted molar refractivity (Wildman–Crippen MR) is 142 cm³/mol. The summed E-state index contributed by atoms with van der Waals surface area (Å²) in [6.45, 7) is 7.38. The highest BCUT2D eigenvalue weighted by Crippen LogP contribution is 2.33. The van der Waals surface area contributed by atoms with Gasteiger partial charge in [-0.05, 0) is 69.2 Å². The van der Waals surface area contributed by atoms with Crippen LogP contribution >= 0.6 is 23.4 Å². The molecule has 1 heterocycles. The van der Waals surface area contributed by atoms with E-state index < -0.39 is 5.25 Å². The number of hydrogen-bond donors (Lipinski definition) is 1. The Morgan fingerprint density at radius 3 is 2.51 bits per heavy atom. The van der Waals surface area contributed by atoms with Gasteiger partial charge in [0.05, 0.1) is 10.9 Å². The normalized spacial score (nSPS) is 11.8. The van der Waals surface area contributed by atoms with E-state index in [1.807, 2.05) is 49.6 Å². The van der Waals surface area contributed by atoms with E-state index in [1.165, 1.54) is 18.7 Å². The highest BCUT2D eigenvalue weighted by atomic mass is 35.5. The molecule has 0 aliphatic heterocycles. The number of Topliss-reactive ketones (excluding diaryl/α,β-unsaturated/α-hetero) is 1. The van der Waals surface area contributed by atoms with Gasteiger partial charge >= 0.3 is 0 Å². The Balaban J connectivity index is 1.68. The van der Waals surface area contributed by atoms with Gasteiger partial charge in [0.15, 0.2) is 16.8 Å². The molecule has 4 aromatic rings. The zero-order chi connectivity index (χ0) is 25.1. The summed E-state index contributed by atoms with van der Waals surface area (Å²) in [6, 6.07) is 20.6. The van der Waals surface area contributed by atoms with E-state index in [1.54, 1.807) is 24.3 Å². The van der Waals surface area contributed by atoms with Gasteiger partial charge in [-0.15, -0.1) is 10.2 Å². The first kappa shape index (κ1) is 24.7. The van der Waals surface area contributed by atoms with Gasteiger partial charge in [-0.2, -0.15) is 0 Å². The lowest BCUT2D eigenvalue weighted by molar-refractivity contribution is -0.115. The Hall–Kier alpha value is -3.42. The van der Waals surface area contributed by atoms with E-state index in [-0.39, 0.29) is 11.7 Å². The molecule has 1 N–H and O–H groups in total. The van der Waals surface area contributed by atoms with E-state index in [0.717, 1.165) is 22.4 Å². The van der Waals surface area contributed by atoms with Gasteiger partial charge in [-0.3, -0.25) is 14.2 Å². The standard InChI is InChI=1S/C27H25ClN4O2S/c1-16-11-12-17(2)24(13-16)32-25(21-8-5-9-22(28)14-21)30-31-27(32)35-19(4)26(34)29-23-10-6-7-20(15-23)18(3)33/h5-15,19H,1-4H3,(H,29,34)/t19-/m0/s1. The second kappa shape index (κ2) is 10.5. The molecule has 3 aromatic carbocycles. The maximum atomic E-state index is 13.0. The van der Waals surface area contributed by atoms with Crippen molar-refractivity contribution >= 4 is 40.7 Å². The zero-order valence-electron chi connectivity index (χ0n) is 19.9. The van der Waals surface area contributed by atoms with Crippen molar-refractivity contribution in [2.45, 2.75) is 38.1 Å². The highest BCUT2D eigenvalue weighted by Gasteiger charge is 2.23. The lowest BCUT2D eigenvalue weighted by Crippen LogP contribution is -2.23. The summed E-state index contributed by atoms with van der Waals surface area (Å²) in [5.41, 5.74) is 5.04. The second-order valence-electron chi connectivity index (χ2n) is 8.33. The number of anilines is 1. The molecule has 1 atom stereocenters. The van der Waals surface area contributed by atoms with Crippen LogP contribution in [0.1, 0.15) is 35.3 Å². The van der Waals surface area contributed by atoms with Crippen LogP contribution in [0.4, 0.5) is 5.69 Å². The molecule has 0 radical (unpaired) electrons. The predicted octanol–water partition coefficient (Wildman–Crippen LogP) is 6.53. The third-order valence-corrected chi connectivity index (χ3v) is 6.79. The summed E-state index contributed by atoms with van der Waals surface area (Å²) >= 11 is 7.57. The van der Waals surface area contributed by atoms with Crippen LogP contribution in [0.2, 0.25) is 5.02 Å². The van der Waals surface area contributed by atoms with Gasteiger partial charge in [0.2, 0.25) is 5.91 Å². The number of aromatic nitrogens is 3. The van der Waals surface area contributed by atoms with Crippen molar-refractivity contribution in [1.29, 1.82) is 0 Å². The average Bonchev–Trinajstić information content (AvgIpc) is 3.24. The van der Waals surface area contributed by atoms with Gasteiger partial charge in [0, 0.05) is 21.8 Å². The Bertz CT molecular complexity index is 1420. The van der Waals surface area contributed by atoms with Gasteiger partial charge < -0.3 is 5.32 Å². The molecule has 0 unspecified atom stereocenters. The van der Waals surface area contributed by atoms with Crippen LogP contribution in [0.25, 0.3) is 17.1 Å². The van der Waals surface area contributed by atoms with Gasteiger partial charge in [0.25, 0.3) is 0 Å². The number of hydrogen-bond acceptors (Lipinski definition) is 5. The van der Waals surface area contributed by atoms with Gasteiger partial charge in [-0.25, -0.2) is 0 Å². The number of benzene rings is 3. The van der Waals surface area contributed by atoms with Crippen molar-refractivity contribution in [3.8, 4) is 17.1 Å². The van der Waals surface area contributed by atoms with Crippen LogP contribution < -0.4 is 5.32 Å². The molecule has 0 bridgehead atoms. The third kappa shape index (κ3) is 5.63. The Kier molecular flexibility index (Phi) is 7.38. The summed E-state index contributed by atoms with van der Waals surface area (Å²) in [5, 5.41) is 12.5. The minimum absolute atomic E-state index is 0.0568. The smallest absolute Gasteiger partial charge is 0.237 e. The fraction of sp³-hybridized carbons (Fsp3) is 0.185. The molecule has 0 fully saturated rings. The highest BCUT2D eigenvalue weighted by molar-refractivity contribution is 8.00. The van der Waals surface area contributed by atoms with Crippen molar-refractivity contribution < 1.29 is 9.59 Å². The number of carbonyl (C=O) groups excluding carboxylic acids is 2. The third-order valence-electron chi connectivity index (χ3n) is 5.51. The molecule has 35 heavy (non-hydrogen) atoms. The monoisotopic (exact) mass is 504 g/mol. The largest absolute Gasteiger partial charge is 0.325 e. The van der Waals surface area contributed by atoms with Crippen molar-refractivity contribution in [3.63, 3.8) is 0 Å². The molecule has 1 aromatic heterocycles. The first-order valence-electron chi connectivity index (χ1n) is 11.1. The molecule has 8 heteroatoms. The van der Waals surface area contributed by atoms with E-state index in [2.05, 4.69) is 33.7 Å². The maximum Gasteiger partial charge on any atom is 0.237 e. The summed E-state index contributed by atoms with van der Waals surface area (Å²) in [5.74, 6) is 0.389. The average molecular weight is 505 g/mol. The van der Waals surface area contributed by atoms with Gasteiger partial charge in [-0.1, -0.05) is 59.8 Å². The maximum absolute atomic E-state index is 13.0. The van der Waals surface area contributed by atoms with Crippen molar-refractivity contribution in [1.82, 2.24) is 14.8 Å². The number of ketones is 1. The molecule has 0 spiro atoms. The molecule has 0 saturated heterocycles. The number of thioether (sulfide) groups is 1. The summed E-state index contributed by atoms with van der Waals surface area (Å²) in [7, 11) is 0. The molecule has 4 rings (SSSR count). The van der Waals surface area contributed by atoms with Crippen molar-refractivity contribution in [3.05, 3.63) is 88.4 Å². The summed E-state index contributed by atoms with van der Waals surface area (Å²) in [6.07, 6.45) is 0. The topological polar surface area (TPSA) is 76.9 Å². The number of carbonyl (C=O) groups is 2. The molecule has 0 aliphatic rings. The molecule has 6 nitrogen and oxygen atoms in total. The van der Waals surface area contributed by atoms with Crippen LogP contribution in [0.5, 0.6) is 0 Å². The molecular weight excluding hydrogens is 480 g/mol. The fourth-order valence-electron chi connectivity index (χ4n) is 3.61. The number of halogens is 1. The molecule has 1 amide bonds. The lowest BCUT2D eigenvalue weighted by atomic mass is 10.1. The molecule has 0 aliphatic carbocycles. The van der Waals surface area contributed by atoms with E-state index in [4.69, 9.17) is 11.6 Å². The summed E-state index contributed by atoms with van der Waals surface area (Å²) < 4.78 is 1.97. The molecular formula is C27H25ClN4O2S. The lowest BCUT2D eigenvalue weighted by Gasteiger charge is -2.16. The van der Waals surface area contributed by atoms with E-state index in [9.17, 15) is 9.59 Å². The van der Waals surface area contributed by atoms with Crippen LogP contribution in [-0.4, -0.2) is 31.7 Å². The minimum Gasteiger partial charge on any atom is -0.325 e. The van der Waals surface area contributed by atoms with Crippen LogP contribution in [0.3, 0.4) is 0 Å². The number of nitrogens with one attached hydrogen (secondary N) is 1.